The summed E-state index contributed by atoms with van der Waals surface area (Å²) in [6.07, 6.45) is 1.59. The molecule has 1 aromatic rings. The van der Waals surface area contributed by atoms with Crippen LogP contribution in [-0.4, -0.2) is 45.8 Å². The van der Waals surface area contributed by atoms with E-state index in [1.807, 2.05) is 6.92 Å². The number of nitrogens with zero attached hydrogens (tertiary/aromatic N) is 1. The van der Waals surface area contributed by atoms with Gasteiger partial charge in [-0.1, -0.05) is 0 Å². The Morgan fingerprint density at radius 1 is 1.41 bits per heavy atom. The minimum Gasteiger partial charge on any atom is -0.348 e. The van der Waals surface area contributed by atoms with Gasteiger partial charge in [0.05, 0.1) is 11.4 Å². The topological polar surface area (TPSA) is 78.5 Å². The molecule has 0 aliphatic carbocycles. The lowest BCUT2D eigenvalue weighted by atomic mass is 10.1. The number of rotatable bonds is 3. The Kier molecular flexibility index (Phi) is 4.10. The molecule has 2 heterocycles. The van der Waals surface area contributed by atoms with Crippen molar-refractivity contribution in [3.05, 3.63) is 29.3 Å². The van der Waals surface area contributed by atoms with Crippen molar-refractivity contribution in [2.24, 2.45) is 0 Å². The fourth-order valence-electron chi connectivity index (χ4n) is 3.03. The van der Waals surface area contributed by atoms with Gasteiger partial charge in [-0.25, -0.2) is 8.42 Å². The SMILES string of the molecule is Cc1cc(N2CCCS2(=O)=O)ccc1C(=O)NC1CCNC1. The standard InChI is InChI=1S/C15H21N3O3S/c1-11-9-13(18-7-2-8-22(18,20)21)3-4-14(11)15(19)17-12-5-6-16-10-12/h3-4,9,12,16H,2,5-8,10H2,1H3,(H,17,19). The molecule has 2 fully saturated rings. The highest BCUT2D eigenvalue weighted by atomic mass is 32.2. The lowest BCUT2D eigenvalue weighted by Crippen LogP contribution is -2.36. The first-order valence-corrected chi connectivity index (χ1v) is 9.21. The van der Waals surface area contributed by atoms with Crippen LogP contribution >= 0.6 is 0 Å². The molecular weight excluding hydrogens is 302 g/mol. The Hall–Kier alpha value is -1.60. The first-order chi connectivity index (χ1) is 10.5. The molecule has 6 nitrogen and oxygen atoms in total. The van der Waals surface area contributed by atoms with Crippen molar-refractivity contribution in [3.63, 3.8) is 0 Å². The summed E-state index contributed by atoms with van der Waals surface area (Å²) in [6.45, 7) is 4.08. The average Bonchev–Trinajstić information content (AvgIpc) is 3.07. The normalized spacial score (nSPS) is 23.7. The van der Waals surface area contributed by atoms with E-state index < -0.39 is 10.0 Å². The molecule has 2 N–H and O–H groups in total. The molecular formula is C15H21N3O3S. The zero-order chi connectivity index (χ0) is 15.7. The van der Waals surface area contributed by atoms with Crippen molar-refractivity contribution < 1.29 is 13.2 Å². The highest BCUT2D eigenvalue weighted by molar-refractivity contribution is 7.93. The van der Waals surface area contributed by atoms with E-state index in [1.54, 1.807) is 18.2 Å². The molecule has 2 aliphatic rings. The zero-order valence-corrected chi connectivity index (χ0v) is 13.4. The second-order valence-corrected chi connectivity index (χ2v) is 7.92. The number of aryl methyl sites for hydroxylation is 1. The van der Waals surface area contributed by atoms with Gasteiger partial charge in [-0.15, -0.1) is 0 Å². The third kappa shape index (κ3) is 2.96. The van der Waals surface area contributed by atoms with Crippen LogP contribution in [0.4, 0.5) is 5.69 Å². The fraction of sp³-hybridized carbons (Fsp3) is 0.533. The number of hydrogen-bond acceptors (Lipinski definition) is 4. The molecule has 120 valence electrons. The zero-order valence-electron chi connectivity index (χ0n) is 12.6. The van der Waals surface area contributed by atoms with Crippen molar-refractivity contribution >= 4 is 21.6 Å². The summed E-state index contributed by atoms with van der Waals surface area (Å²) in [4.78, 5) is 12.3. The summed E-state index contributed by atoms with van der Waals surface area (Å²) in [5.74, 6) is 0.102. The third-order valence-electron chi connectivity index (χ3n) is 4.24. The predicted molar refractivity (Wildman–Crippen MR) is 85.7 cm³/mol. The van der Waals surface area contributed by atoms with Crippen molar-refractivity contribution in [1.82, 2.24) is 10.6 Å². The Balaban J connectivity index is 1.78. The minimum atomic E-state index is -3.18. The first-order valence-electron chi connectivity index (χ1n) is 7.60. The largest absolute Gasteiger partial charge is 0.348 e. The van der Waals surface area contributed by atoms with Gasteiger partial charge < -0.3 is 10.6 Å². The number of nitrogens with one attached hydrogen (secondary N) is 2. The summed E-state index contributed by atoms with van der Waals surface area (Å²) in [5, 5.41) is 6.22. The molecule has 2 aliphatic heterocycles. The summed E-state index contributed by atoms with van der Waals surface area (Å²) in [6, 6.07) is 5.39. The number of sulfonamides is 1. The Bertz CT molecular complexity index is 681. The maximum Gasteiger partial charge on any atom is 0.251 e. The predicted octanol–water partition coefficient (Wildman–Crippen LogP) is 0.627. The number of amides is 1. The summed E-state index contributed by atoms with van der Waals surface area (Å²) >= 11 is 0. The van der Waals surface area contributed by atoms with E-state index in [2.05, 4.69) is 10.6 Å². The Morgan fingerprint density at radius 2 is 2.23 bits per heavy atom. The molecule has 0 spiro atoms. The van der Waals surface area contributed by atoms with E-state index in [9.17, 15) is 13.2 Å². The van der Waals surface area contributed by atoms with E-state index in [0.29, 0.717) is 24.2 Å². The Morgan fingerprint density at radius 3 is 2.82 bits per heavy atom. The van der Waals surface area contributed by atoms with Crippen LogP contribution in [0.25, 0.3) is 0 Å². The van der Waals surface area contributed by atoms with Gasteiger partial charge in [0.1, 0.15) is 0 Å². The molecule has 0 radical (unpaired) electrons. The molecule has 3 rings (SSSR count). The number of benzene rings is 1. The Labute approximate surface area is 130 Å². The van der Waals surface area contributed by atoms with Gasteiger partial charge in [0, 0.05) is 24.7 Å². The van der Waals surface area contributed by atoms with Gasteiger partial charge in [-0.3, -0.25) is 9.10 Å². The summed E-state index contributed by atoms with van der Waals surface area (Å²) in [7, 11) is -3.18. The van der Waals surface area contributed by atoms with Gasteiger partial charge in [0.15, 0.2) is 0 Å². The smallest absolute Gasteiger partial charge is 0.251 e. The van der Waals surface area contributed by atoms with Gasteiger partial charge in [0.25, 0.3) is 5.91 Å². The molecule has 0 saturated carbocycles. The highest BCUT2D eigenvalue weighted by Gasteiger charge is 2.29. The average molecular weight is 323 g/mol. The number of carbonyl (C=O) groups excluding carboxylic acids is 1. The van der Waals surface area contributed by atoms with E-state index in [4.69, 9.17) is 0 Å². The van der Waals surface area contributed by atoms with Crippen LogP contribution in [0.2, 0.25) is 0 Å². The summed E-state index contributed by atoms with van der Waals surface area (Å²) in [5.41, 5.74) is 2.05. The van der Waals surface area contributed by atoms with Gasteiger partial charge in [0.2, 0.25) is 10.0 Å². The maximum absolute atomic E-state index is 12.3. The molecule has 1 unspecified atom stereocenters. The third-order valence-corrected chi connectivity index (χ3v) is 6.11. The molecule has 22 heavy (non-hydrogen) atoms. The van der Waals surface area contributed by atoms with E-state index >= 15 is 0 Å². The summed E-state index contributed by atoms with van der Waals surface area (Å²) < 4.78 is 25.4. The van der Waals surface area contributed by atoms with Crippen LogP contribution in [0.1, 0.15) is 28.8 Å². The molecule has 0 aromatic heterocycles. The molecule has 1 aromatic carbocycles. The van der Waals surface area contributed by atoms with Crippen molar-refractivity contribution in [2.75, 3.05) is 29.7 Å². The highest BCUT2D eigenvalue weighted by Crippen LogP contribution is 2.26. The molecule has 1 atom stereocenters. The van der Waals surface area contributed by atoms with Crippen LogP contribution in [0.5, 0.6) is 0 Å². The molecule has 7 heteroatoms. The second-order valence-electron chi connectivity index (χ2n) is 5.90. The van der Waals surface area contributed by atoms with E-state index in [1.165, 1.54) is 4.31 Å². The lowest BCUT2D eigenvalue weighted by Gasteiger charge is -2.19. The van der Waals surface area contributed by atoms with Crippen molar-refractivity contribution in [1.29, 1.82) is 0 Å². The van der Waals surface area contributed by atoms with Crippen LogP contribution in [0.15, 0.2) is 18.2 Å². The molecule has 1 amide bonds. The first kappa shape index (κ1) is 15.3. The van der Waals surface area contributed by atoms with Crippen LogP contribution < -0.4 is 14.9 Å². The van der Waals surface area contributed by atoms with Gasteiger partial charge in [-0.05, 0) is 50.1 Å². The van der Waals surface area contributed by atoms with Gasteiger partial charge >= 0.3 is 0 Å². The number of hydrogen-bond donors (Lipinski definition) is 2. The van der Waals surface area contributed by atoms with Crippen LogP contribution in [-0.2, 0) is 10.0 Å². The number of carbonyl (C=O) groups is 1. The maximum atomic E-state index is 12.3. The molecule has 2 saturated heterocycles. The monoisotopic (exact) mass is 323 g/mol. The molecule has 0 bridgehead atoms. The van der Waals surface area contributed by atoms with Gasteiger partial charge in [-0.2, -0.15) is 0 Å². The quantitative estimate of drug-likeness (QED) is 0.855. The van der Waals surface area contributed by atoms with Crippen molar-refractivity contribution in [3.8, 4) is 0 Å². The minimum absolute atomic E-state index is 0.0953. The number of anilines is 1. The van der Waals surface area contributed by atoms with E-state index in [0.717, 1.165) is 25.1 Å². The second kappa shape index (κ2) is 5.89. The van der Waals surface area contributed by atoms with Crippen molar-refractivity contribution in [2.45, 2.75) is 25.8 Å². The van der Waals surface area contributed by atoms with Crippen LogP contribution in [0, 0.1) is 6.92 Å². The fourth-order valence-corrected chi connectivity index (χ4v) is 4.58. The van der Waals surface area contributed by atoms with Crippen LogP contribution in [0.3, 0.4) is 0 Å². The van der Waals surface area contributed by atoms with E-state index in [-0.39, 0.29) is 17.7 Å². The lowest BCUT2D eigenvalue weighted by molar-refractivity contribution is 0.0939.